The van der Waals surface area contributed by atoms with E-state index in [1.54, 1.807) is 6.07 Å². The maximum absolute atomic E-state index is 11.9. The zero-order valence-electron chi connectivity index (χ0n) is 14.4. The molecule has 0 unspecified atom stereocenters. The Labute approximate surface area is 155 Å². The Morgan fingerprint density at radius 1 is 1.17 bits per heavy atom. The van der Waals surface area contributed by atoms with Gasteiger partial charge < -0.3 is 15.1 Å². The van der Waals surface area contributed by atoms with Gasteiger partial charge in [-0.2, -0.15) is 0 Å². The van der Waals surface area contributed by atoms with Crippen LogP contribution in [0.3, 0.4) is 0 Å². The number of carbonyl (C=O) groups excluding carboxylic acids is 1. The normalized spacial score (nSPS) is 16.3. The van der Waals surface area contributed by atoms with E-state index in [-0.39, 0.29) is 5.91 Å². The molecule has 1 heterocycles. The fourth-order valence-corrected chi connectivity index (χ4v) is 3.25. The first-order valence-electron chi connectivity index (χ1n) is 8.67. The minimum atomic E-state index is 0.0747. The second-order valence-corrected chi connectivity index (χ2v) is 7.20. The van der Waals surface area contributed by atoms with Crippen LogP contribution in [-0.2, 0) is 11.2 Å². The molecular weight excluding hydrogens is 345 g/mol. The van der Waals surface area contributed by atoms with E-state index in [9.17, 15) is 4.79 Å². The highest BCUT2D eigenvalue weighted by Crippen LogP contribution is 2.26. The molecule has 6 heteroatoms. The molecule has 24 heavy (non-hydrogen) atoms. The molecule has 0 saturated carbocycles. The average Bonchev–Trinajstić information content (AvgIpc) is 2.57. The van der Waals surface area contributed by atoms with E-state index in [0.717, 1.165) is 57.7 Å². The number of nitrogens with zero attached hydrogens (tertiary/aromatic N) is 2. The second kappa shape index (κ2) is 10.2. The van der Waals surface area contributed by atoms with Crippen LogP contribution < -0.4 is 5.32 Å². The average molecular weight is 372 g/mol. The van der Waals surface area contributed by atoms with Gasteiger partial charge in [-0.15, -0.1) is 0 Å². The first-order chi connectivity index (χ1) is 11.6. The minimum absolute atomic E-state index is 0.0747. The maximum atomic E-state index is 11.9. The summed E-state index contributed by atoms with van der Waals surface area (Å²) in [6.45, 7) is 6.50. The number of likely N-dealkylation sites (N-methyl/N-ethyl adjacent to an activating group) is 1. The molecule has 0 radical (unpaired) electrons. The van der Waals surface area contributed by atoms with Crippen LogP contribution in [0.2, 0.25) is 10.0 Å². The summed E-state index contributed by atoms with van der Waals surface area (Å²) in [4.78, 5) is 16.8. The van der Waals surface area contributed by atoms with Gasteiger partial charge in [0.2, 0.25) is 5.91 Å². The van der Waals surface area contributed by atoms with E-state index >= 15 is 0 Å². The Bertz CT molecular complexity index is 531. The first-order valence-corrected chi connectivity index (χ1v) is 9.42. The zero-order valence-corrected chi connectivity index (χ0v) is 15.9. The van der Waals surface area contributed by atoms with Gasteiger partial charge in [-0.1, -0.05) is 35.3 Å². The van der Waals surface area contributed by atoms with Crippen molar-refractivity contribution in [3.8, 4) is 0 Å². The van der Waals surface area contributed by atoms with Crippen LogP contribution >= 0.6 is 23.2 Å². The number of halogens is 2. The van der Waals surface area contributed by atoms with Crippen LogP contribution in [0.15, 0.2) is 18.2 Å². The van der Waals surface area contributed by atoms with E-state index in [1.807, 2.05) is 12.1 Å². The highest BCUT2D eigenvalue weighted by atomic mass is 35.5. The molecule has 2 rings (SSSR count). The van der Waals surface area contributed by atoms with Crippen molar-refractivity contribution in [2.45, 2.75) is 25.7 Å². The maximum Gasteiger partial charge on any atom is 0.220 e. The lowest BCUT2D eigenvalue weighted by Crippen LogP contribution is -2.44. The van der Waals surface area contributed by atoms with Gasteiger partial charge >= 0.3 is 0 Å². The predicted octanol–water partition coefficient (Wildman–Crippen LogP) is 3.07. The summed E-state index contributed by atoms with van der Waals surface area (Å²) in [7, 11) is 2.17. The zero-order chi connectivity index (χ0) is 17.4. The summed E-state index contributed by atoms with van der Waals surface area (Å²) in [5, 5.41) is 4.09. The molecule has 1 aromatic carbocycles. The van der Waals surface area contributed by atoms with Crippen molar-refractivity contribution in [1.82, 2.24) is 15.1 Å². The van der Waals surface area contributed by atoms with Crippen molar-refractivity contribution >= 4 is 29.1 Å². The first kappa shape index (κ1) is 19.5. The van der Waals surface area contributed by atoms with Crippen molar-refractivity contribution in [3.05, 3.63) is 33.8 Å². The lowest BCUT2D eigenvalue weighted by molar-refractivity contribution is -0.121. The smallest absolute Gasteiger partial charge is 0.220 e. The summed E-state index contributed by atoms with van der Waals surface area (Å²) in [6, 6.07) is 5.53. The number of nitrogens with one attached hydrogen (secondary N) is 1. The number of unbranched alkanes of at least 4 members (excludes halogenated alkanes) is 1. The number of piperazine rings is 1. The third kappa shape index (κ3) is 6.60. The Kier molecular flexibility index (Phi) is 8.33. The lowest BCUT2D eigenvalue weighted by Gasteiger charge is -2.32. The molecule has 1 N–H and O–H groups in total. The topological polar surface area (TPSA) is 35.6 Å². The molecule has 1 aromatic rings. The third-order valence-corrected chi connectivity index (χ3v) is 5.33. The Hall–Kier alpha value is -0.810. The third-order valence-electron chi connectivity index (χ3n) is 4.47. The number of benzene rings is 1. The van der Waals surface area contributed by atoms with Gasteiger partial charge in [-0.05, 0) is 44.5 Å². The Morgan fingerprint density at radius 2 is 1.92 bits per heavy atom. The highest BCUT2D eigenvalue weighted by molar-refractivity contribution is 6.42. The van der Waals surface area contributed by atoms with Gasteiger partial charge in [0, 0.05) is 39.1 Å². The van der Waals surface area contributed by atoms with Crippen LogP contribution in [0.1, 0.15) is 24.8 Å². The van der Waals surface area contributed by atoms with E-state index in [4.69, 9.17) is 23.2 Å². The van der Waals surface area contributed by atoms with E-state index in [0.29, 0.717) is 22.9 Å². The van der Waals surface area contributed by atoms with Crippen molar-refractivity contribution in [2.24, 2.45) is 0 Å². The minimum Gasteiger partial charge on any atom is -0.356 e. The summed E-state index contributed by atoms with van der Waals surface area (Å²) >= 11 is 12.1. The fraction of sp³-hybridized carbons (Fsp3) is 0.611. The number of aryl methyl sites for hydroxylation is 1. The van der Waals surface area contributed by atoms with Crippen molar-refractivity contribution in [1.29, 1.82) is 0 Å². The molecule has 134 valence electrons. The van der Waals surface area contributed by atoms with E-state index < -0.39 is 0 Å². The van der Waals surface area contributed by atoms with Gasteiger partial charge in [-0.25, -0.2) is 0 Å². The largest absolute Gasteiger partial charge is 0.356 e. The van der Waals surface area contributed by atoms with Crippen LogP contribution in [0.25, 0.3) is 0 Å². The molecular formula is C18H27Cl2N3O. The number of carbonyl (C=O) groups is 1. The second-order valence-electron chi connectivity index (χ2n) is 6.41. The molecule has 1 amide bonds. The quantitative estimate of drug-likeness (QED) is 0.713. The van der Waals surface area contributed by atoms with E-state index in [2.05, 4.69) is 22.2 Å². The summed E-state index contributed by atoms with van der Waals surface area (Å²) in [5.74, 6) is 0.0747. The van der Waals surface area contributed by atoms with Crippen LogP contribution in [0, 0.1) is 0 Å². The summed E-state index contributed by atoms with van der Waals surface area (Å²) in [6.07, 6.45) is 3.21. The molecule has 0 spiro atoms. The van der Waals surface area contributed by atoms with Gasteiger partial charge in [0.15, 0.2) is 0 Å². The highest BCUT2D eigenvalue weighted by Gasteiger charge is 2.12. The van der Waals surface area contributed by atoms with Gasteiger partial charge in [-0.3, -0.25) is 4.79 Å². The standard InChI is InChI=1S/C18H27Cl2N3O/c1-22-11-13-23(14-12-22)10-3-2-9-21-17(24)8-7-15-5-4-6-16(19)18(15)20/h4-6H,2-3,7-14H2,1H3,(H,21,24). The van der Waals surface area contributed by atoms with Crippen molar-refractivity contribution in [3.63, 3.8) is 0 Å². The molecule has 1 aliphatic rings. The SMILES string of the molecule is CN1CCN(CCCCNC(=O)CCc2cccc(Cl)c2Cl)CC1. The van der Waals surface area contributed by atoms with Gasteiger partial charge in [0.05, 0.1) is 10.0 Å². The number of rotatable bonds is 8. The van der Waals surface area contributed by atoms with Gasteiger partial charge in [0.1, 0.15) is 0 Å². The fourth-order valence-electron chi connectivity index (χ4n) is 2.84. The van der Waals surface area contributed by atoms with Crippen LogP contribution in [0.5, 0.6) is 0 Å². The molecule has 1 aliphatic heterocycles. The monoisotopic (exact) mass is 371 g/mol. The van der Waals surface area contributed by atoms with E-state index in [1.165, 1.54) is 0 Å². The molecule has 0 bridgehead atoms. The predicted molar refractivity (Wildman–Crippen MR) is 101 cm³/mol. The number of hydrogen-bond acceptors (Lipinski definition) is 3. The van der Waals surface area contributed by atoms with Crippen LogP contribution in [-0.4, -0.2) is 62.0 Å². The Balaban J connectivity index is 1.54. The molecule has 0 aliphatic carbocycles. The molecule has 4 nitrogen and oxygen atoms in total. The van der Waals surface area contributed by atoms with Crippen LogP contribution in [0.4, 0.5) is 0 Å². The van der Waals surface area contributed by atoms with Crippen molar-refractivity contribution < 1.29 is 4.79 Å². The van der Waals surface area contributed by atoms with Crippen molar-refractivity contribution in [2.75, 3.05) is 46.3 Å². The number of hydrogen-bond donors (Lipinski definition) is 1. The summed E-state index contributed by atoms with van der Waals surface area (Å²) < 4.78 is 0. The number of amides is 1. The Morgan fingerprint density at radius 3 is 2.67 bits per heavy atom. The molecule has 1 fully saturated rings. The molecule has 0 aromatic heterocycles. The lowest BCUT2D eigenvalue weighted by atomic mass is 10.1. The molecule has 1 saturated heterocycles. The van der Waals surface area contributed by atoms with Gasteiger partial charge in [0.25, 0.3) is 0 Å². The molecule has 0 atom stereocenters. The summed E-state index contributed by atoms with van der Waals surface area (Å²) in [5.41, 5.74) is 0.925.